The van der Waals surface area contributed by atoms with Crippen LogP contribution < -0.4 is 15.2 Å². The molecule has 0 bridgehead atoms. The molecule has 0 spiro atoms. The lowest BCUT2D eigenvalue weighted by Gasteiger charge is -2.51. The fourth-order valence-electron chi connectivity index (χ4n) is 5.82. The first kappa shape index (κ1) is 32.5. The molecule has 0 aliphatic carbocycles. The fraction of sp³-hybridized carbons (Fsp3) is 0.394. The van der Waals surface area contributed by atoms with Crippen molar-refractivity contribution in [2.45, 2.75) is 68.7 Å². The third-order valence-electron chi connectivity index (χ3n) is 7.95. The number of benzene rings is 2. The van der Waals surface area contributed by atoms with Gasteiger partial charge in [-0.1, -0.05) is 24.3 Å². The van der Waals surface area contributed by atoms with E-state index in [-0.39, 0.29) is 36.8 Å². The second-order valence-electron chi connectivity index (χ2n) is 12.8. The molecule has 1 saturated heterocycles. The quantitative estimate of drug-likeness (QED) is 0.355. The number of carbonyl (C=O) groups excluding carboxylic acids is 3. The van der Waals surface area contributed by atoms with E-state index in [0.29, 0.717) is 5.56 Å². The molecular formula is C33H33F2N3O8S. The Balaban J connectivity index is 1.49. The van der Waals surface area contributed by atoms with E-state index in [1.165, 1.54) is 47.4 Å². The summed E-state index contributed by atoms with van der Waals surface area (Å²) in [6.07, 6.45) is -0.793. The number of morpholine rings is 1. The molecule has 6 rings (SSSR count). The Labute approximate surface area is 273 Å². The maximum Gasteiger partial charge on any atom is 0.515 e. The summed E-state index contributed by atoms with van der Waals surface area (Å²) in [7, 11) is 0. The van der Waals surface area contributed by atoms with Crippen LogP contribution in [0.1, 0.15) is 67.8 Å². The molecule has 3 aromatic rings. The summed E-state index contributed by atoms with van der Waals surface area (Å²) in [4.78, 5) is 55.5. The molecular weight excluding hydrogens is 636 g/mol. The van der Waals surface area contributed by atoms with Gasteiger partial charge < -0.3 is 23.8 Å². The van der Waals surface area contributed by atoms with Crippen molar-refractivity contribution in [3.8, 4) is 5.75 Å². The second kappa shape index (κ2) is 12.0. The predicted molar refractivity (Wildman–Crippen MR) is 166 cm³/mol. The maximum absolute atomic E-state index is 15.4. The van der Waals surface area contributed by atoms with Crippen LogP contribution in [0.2, 0.25) is 0 Å². The largest absolute Gasteiger partial charge is 0.515 e. The zero-order chi connectivity index (χ0) is 33.8. The van der Waals surface area contributed by atoms with Crippen LogP contribution in [0.5, 0.6) is 5.75 Å². The van der Waals surface area contributed by atoms with Gasteiger partial charge in [-0.3, -0.25) is 19.3 Å². The van der Waals surface area contributed by atoms with Crippen LogP contribution in [-0.4, -0.2) is 64.7 Å². The minimum absolute atomic E-state index is 0.0600. The van der Waals surface area contributed by atoms with E-state index in [1.54, 1.807) is 25.8 Å². The molecule has 11 nitrogen and oxygen atoms in total. The number of carbonyl (C=O) groups is 3. The number of amides is 1. The first-order chi connectivity index (χ1) is 22.2. The first-order valence-electron chi connectivity index (χ1n) is 14.9. The van der Waals surface area contributed by atoms with Crippen LogP contribution in [0.3, 0.4) is 0 Å². The minimum atomic E-state index is -1.80. The molecule has 0 unspecified atom stereocenters. The van der Waals surface area contributed by atoms with Gasteiger partial charge in [0.1, 0.15) is 11.8 Å². The Morgan fingerprint density at radius 3 is 2.47 bits per heavy atom. The number of halogens is 2. The molecule has 0 radical (unpaired) electrons. The Bertz CT molecular complexity index is 1840. The van der Waals surface area contributed by atoms with Gasteiger partial charge >= 0.3 is 12.1 Å². The smallest absolute Gasteiger partial charge is 0.457 e. The number of esters is 1. The topological polar surface area (TPSA) is 117 Å². The molecule has 2 atom stereocenters. The SMILES string of the molecule is CC(C)(C)OC(=O)C(C)(C)OC(=O)Oc1c2n(ccc1=O)N([C@@H]1c3ccccc3SCc3c1ccc(F)c3F)[C@@H]1COCCN1C2=O. The first-order valence-corrected chi connectivity index (χ1v) is 15.9. The molecule has 248 valence electrons. The molecule has 14 heteroatoms. The van der Waals surface area contributed by atoms with Crippen molar-refractivity contribution in [2.75, 3.05) is 24.8 Å². The Morgan fingerprint density at radius 1 is 0.979 bits per heavy atom. The minimum Gasteiger partial charge on any atom is -0.457 e. The van der Waals surface area contributed by atoms with Gasteiger partial charge in [-0.05, 0) is 57.9 Å². The van der Waals surface area contributed by atoms with Crippen LogP contribution in [0.15, 0.2) is 58.4 Å². The van der Waals surface area contributed by atoms with E-state index in [1.807, 2.05) is 24.3 Å². The number of hydrogen-bond acceptors (Lipinski definition) is 10. The van der Waals surface area contributed by atoms with Crippen molar-refractivity contribution in [1.29, 1.82) is 0 Å². The molecule has 0 saturated carbocycles. The van der Waals surface area contributed by atoms with Crippen LogP contribution in [-0.2, 0) is 24.8 Å². The van der Waals surface area contributed by atoms with Crippen LogP contribution >= 0.6 is 11.8 Å². The van der Waals surface area contributed by atoms with E-state index in [9.17, 15) is 23.6 Å². The number of ether oxygens (including phenoxy) is 4. The standard InChI is InChI=1S/C33H33F2N3O8S/c1-32(2,3)45-30(41)33(4,5)46-31(42)44-28-22(39)12-13-37-27(28)29(40)36-14-15-43-16-24(36)38(37)26-18-10-11-21(34)25(35)20(18)17-47-23-9-7-6-8-19(23)26/h6-13,24,26H,14-17H2,1-5H3/t24-,26+/m1/s1. The van der Waals surface area contributed by atoms with Crippen molar-refractivity contribution in [3.05, 3.63) is 92.9 Å². The summed E-state index contributed by atoms with van der Waals surface area (Å²) >= 11 is 1.35. The third kappa shape index (κ3) is 5.95. The summed E-state index contributed by atoms with van der Waals surface area (Å²) in [5.41, 5.74) is -2.41. The van der Waals surface area contributed by atoms with E-state index in [2.05, 4.69) is 0 Å². The van der Waals surface area contributed by atoms with E-state index < -0.39 is 64.3 Å². The van der Waals surface area contributed by atoms with E-state index in [0.717, 1.165) is 22.6 Å². The number of thioether (sulfide) groups is 1. The second-order valence-corrected chi connectivity index (χ2v) is 13.8. The van der Waals surface area contributed by atoms with Gasteiger partial charge in [0.25, 0.3) is 5.91 Å². The van der Waals surface area contributed by atoms with Gasteiger partial charge in [-0.25, -0.2) is 18.4 Å². The fourth-order valence-corrected chi connectivity index (χ4v) is 6.94. The molecule has 3 aliphatic rings. The molecule has 4 heterocycles. The van der Waals surface area contributed by atoms with E-state index >= 15 is 4.39 Å². The van der Waals surface area contributed by atoms with Gasteiger partial charge in [0, 0.05) is 35.0 Å². The van der Waals surface area contributed by atoms with Crippen LogP contribution in [0.25, 0.3) is 0 Å². The highest BCUT2D eigenvalue weighted by Gasteiger charge is 2.47. The average Bonchev–Trinajstić information content (AvgIpc) is 3.17. The molecule has 0 N–H and O–H groups in total. The number of aromatic nitrogens is 1. The van der Waals surface area contributed by atoms with Gasteiger partial charge in [-0.15, -0.1) is 11.8 Å². The lowest BCUT2D eigenvalue weighted by Crippen LogP contribution is -2.66. The van der Waals surface area contributed by atoms with Crippen molar-refractivity contribution in [1.82, 2.24) is 9.58 Å². The molecule has 47 heavy (non-hydrogen) atoms. The maximum atomic E-state index is 15.4. The Morgan fingerprint density at radius 2 is 1.72 bits per heavy atom. The highest BCUT2D eigenvalue weighted by Crippen LogP contribution is 2.45. The third-order valence-corrected chi connectivity index (χ3v) is 9.06. The number of pyridine rings is 1. The highest BCUT2D eigenvalue weighted by atomic mass is 32.2. The van der Waals surface area contributed by atoms with Gasteiger partial charge in [0.05, 0.1) is 19.3 Å². The summed E-state index contributed by atoms with van der Waals surface area (Å²) in [6.45, 7) is 7.97. The number of rotatable bonds is 4. The Hall–Kier alpha value is -4.43. The van der Waals surface area contributed by atoms with Crippen molar-refractivity contribution >= 4 is 29.8 Å². The monoisotopic (exact) mass is 669 g/mol. The number of fused-ring (bicyclic) bond motifs is 4. The molecule has 2 aromatic carbocycles. The summed E-state index contributed by atoms with van der Waals surface area (Å²) < 4.78 is 53.2. The lowest BCUT2D eigenvalue weighted by atomic mass is 9.93. The normalized spacial score (nSPS) is 19.1. The van der Waals surface area contributed by atoms with Crippen molar-refractivity contribution in [3.63, 3.8) is 0 Å². The number of hydrogen-bond donors (Lipinski definition) is 0. The molecule has 3 aliphatic heterocycles. The Kier molecular flexibility index (Phi) is 8.29. The molecule has 1 fully saturated rings. The predicted octanol–water partition coefficient (Wildman–Crippen LogP) is 4.91. The summed E-state index contributed by atoms with van der Waals surface area (Å²) in [5, 5.41) is 1.75. The van der Waals surface area contributed by atoms with Gasteiger partial charge in [0.15, 0.2) is 17.3 Å². The van der Waals surface area contributed by atoms with Gasteiger partial charge in [0.2, 0.25) is 16.8 Å². The van der Waals surface area contributed by atoms with Crippen molar-refractivity contribution < 1.29 is 42.1 Å². The lowest BCUT2D eigenvalue weighted by molar-refractivity contribution is -0.174. The van der Waals surface area contributed by atoms with E-state index in [4.69, 9.17) is 18.9 Å². The molecule has 1 amide bonds. The van der Waals surface area contributed by atoms with Gasteiger partial charge in [-0.2, -0.15) is 0 Å². The zero-order valence-corrected chi connectivity index (χ0v) is 27.2. The van der Waals surface area contributed by atoms with Crippen LogP contribution in [0, 0.1) is 11.6 Å². The summed E-state index contributed by atoms with van der Waals surface area (Å²) in [5.74, 6) is -3.91. The van der Waals surface area contributed by atoms with Crippen molar-refractivity contribution in [2.24, 2.45) is 0 Å². The highest BCUT2D eigenvalue weighted by molar-refractivity contribution is 7.98. The van der Waals surface area contributed by atoms with Crippen LogP contribution in [0.4, 0.5) is 13.6 Å². The number of nitrogens with zero attached hydrogens (tertiary/aromatic N) is 3. The average molecular weight is 670 g/mol. The molecule has 1 aromatic heterocycles. The summed E-state index contributed by atoms with van der Waals surface area (Å²) in [6, 6.07) is 10.3. The zero-order valence-electron chi connectivity index (χ0n) is 26.4.